The third-order valence-corrected chi connectivity index (χ3v) is 5.67. The predicted octanol–water partition coefficient (Wildman–Crippen LogP) is 5.03. The molecule has 1 heterocycles. The first-order valence-electron chi connectivity index (χ1n) is 9.72. The van der Waals surface area contributed by atoms with Crippen LogP contribution in [0.3, 0.4) is 0 Å². The van der Waals surface area contributed by atoms with Gasteiger partial charge in [0.2, 0.25) is 0 Å². The molecule has 1 aliphatic heterocycles. The molecule has 1 amide bonds. The fourth-order valence-electron chi connectivity index (χ4n) is 3.90. The minimum absolute atomic E-state index is 0.143. The molecule has 1 aliphatic rings. The molecule has 3 aromatic rings. The molecule has 29 heavy (non-hydrogen) atoms. The van der Waals surface area contributed by atoms with E-state index in [1.54, 1.807) is 4.90 Å². The molecule has 0 atom stereocenters. The number of hydrogen-bond acceptors (Lipinski definition) is 2. The summed E-state index contributed by atoms with van der Waals surface area (Å²) in [6, 6.07) is 24.9. The van der Waals surface area contributed by atoms with E-state index in [9.17, 15) is 9.18 Å². The first kappa shape index (κ1) is 19.6. The Balaban J connectivity index is 1.52. The molecule has 3 nitrogen and oxygen atoms in total. The molecule has 0 bridgehead atoms. The molecule has 4 rings (SSSR count). The summed E-state index contributed by atoms with van der Waals surface area (Å²) in [5.41, 5.74) is 2.82. The fraction of sp³-hybridized carbons (Fsp3) is 0.208. The second-order valence-electron chi connectivity index (χ2n) is 7.18. The van der Waals surface area contributed by atoms with Crippen molar-refractivity contribution in [2.75, 3.05) is 26.2 Å². The summed E-state index contributed by atoms with van der Waals surface area (Å²) in [6.45, 7) is 2.70. The van der Waals surface area contributed by atoms with Gasteiger partial charge < -0.3 is 4.90 Å². The van der Waals surface area contributed by atoms with Crippen LogP contribution in [0.1, 0.15) is 27.5 Å². The average molecular weight is 409 g/mol. The van der Waals surface area contributed by atoms with Gasteiger partial charge in [0, 0.05) is 26.2 Å². The van der Waals surface area contributed by atoms with Gasteiger partial charge in [0.05, 0.1) is 16.6 Å². The Morgan fingerprint density at radius 3 is 1.90 bits per heavy atom. The first-order valence-corrected chi connectivity index (χ1v) is 10.1. The molecule has 3 aromatic carbocycles. The highest BCUT2D eigenvalue weighted by Gasteiger charge is 2.29. The van der Waals surface area contributed by atoms with E-state index in [1.165, 1.54) is 29.3 Å². The second kappa shape index (κ2) is 8.76. The predicted molar refractivity (Wildman–Crippen MR) is 114 cm³/mol. The molecule has 0 N–H and O–H groups in total. The van der Waals surface area contributed by atoms with E-state index in [-0.39, 0.29) is 17.0 Å². The highest BCUT2D eigenvalue weighted by molar-refractivity contribution is 6.33. The van der Waals surface area contributed by atoms with Gasteiger partial charge in [0.1, 0.15) is 5.82 Å². The molecule has 0 aliphatic carbocycles. The average Bonchev–Trinajstić information content (AvgIpc) is 2.76. The highest BCUT2D eigenvalue weighted by atomic mass is 35.5. The Bertz CT molecular complexity index is 933. The topological polar surface area (TPSA) is 23.6 Å². The Morgan fingerprint density at radius 2 is 1.38 bits per heavy atom. The summed E-state index contributed by atoms with van der Waals surface area (Å²) in [5.74, 6) is -0.587. The normalized spacial score (nSPS) is 14.9. The van der Waals surface area contributed by atoms with Crippen LogP contribution in [0.4, 0.5) is 4.39 Å². The number of hydrogen-bond donors (Lipinski definition) is 0. The maximum Gasteiger partial charge on any atom is 0.255 e. The standard InChI is InChI=1S/C24H22ClFN2O/c25-22-17-20(26)11-12-21(22)24(29)28-15-13-27(14-16-28)23(18-7-3-1-4-8-18)19-9-5-2-6-10-19/h1-12,17,23H,13-16H2. The lowest BCUT2D eigenvalue weighted by atomic mass is 9.96. The molecule has 148 valence electrons. The first-order chi connectivity index (χ1) is 14.1. The molecule has 1 fully saturated rings. The zero-order valence-electron chi connectivity index (χ0n) is 16.0. The van der Waals surface area contributed by atoms with Crippen molar-refractivity contribution in [3.05, 3.63) is 106 Å². The maximum atomic E-state index is 13.3. The largest absolute Gasteiger partial charge is 0.336 e. The van der Waals surface area contributed by atoms with Gasteiger partial charge in [-0.05, 0) is 29.3 Å². The molecular formula is C24H22ClFN2O. The Hall–Kier alpha value is -2.69. The van der Waals surface area contributed by atoms with Crippen molar-refractivity contribution in [3.8, 4) is 0 Å². The zero-order valence-corrected chi connectivity index (χ0v) is 16.7. The molecular weight excluding hydrogens is 387 g/mol. The third kappa shape index (κ3) is 4.34. The van der Waals surface area contributed by atoms with Crippen LogP contribution in [-0.4, -0.2) is 41.9 Å². The number of benzene rings is 3. The van der Waals surface area contributed by atoms with E-state index in [1.807, 2.05) is 12.1 Å². The van der Waals surface area contributed by atoms with E-state index < -0.39 is 5.82 Å². The SMILES string of the molecule is O=C(c1ccc(F)cc1Cl)N1CCN(C(c2ccccc2)c2ccccc2)CC1. The fourth-order valence-corrected chi connectivity index (χ4v) is 4.15. The lowest BCUT2D eigenvalue weighted by Gasteiger charge is -2.40. The lowest BCUT2D eigenvalue weighted by Crippen LogP contribution is -2.49. The smallest absolute Gasteiger partial charge is 0.255 e. The number of piperazine rings is 1. The highest BCUT2D eigenvalue weighted by Crippen LogP contribution is 2.30. The number of halogens is 2. The van der Waals surface area contributed by atoms with Crippen molar-refractivity contribution in [3.63, 3.8) is 0 Å². The molecule has 0 spiro atoms. The Morgan fingerprint density at radius 1 is 0.828 bits per heavy atom. The van der Waals surface area contributed by atoms with E-state index >= 15 is 0 Å². The molecule has 0 unspecified atom stereocenters. The summed E-state index contributed by atoms with van der Waals surface area (Å²) >= 11 is 6.08. The van der Waals surface area contributed by atoms with E-state index in [0.29, 0.717) is 18.7 Å². The van der Waals surface area contributed by atoms with Crippen LogP contribution in [0.5, 0.6) is 0 Å². The minimum Gasteiger partial charge on any atom is -0.336 e. The monoisotopic (exact) mass is 408 g/mol. The van der Waals surface area contributed by atoms with Crippen molar-refractivity contribution in [1.82, 2.24) is 9.80 Å². The minimum atomic E-state index is -0.440. The van der Waals surface area contributed by atoms with Crippen molar-refractivity contribution in [2.45, 2.75) is 6.04 Å². The second-order valence-corrected chi connectivity index (χ2v) is 7.58. The van der Waals surface area contributed by atoms with E-state index in [4.69, 9.17) is 11.6 Å². The van der Waals surface area contributed by atoms with Gasteiger partial charge in [0.15, 0.2) is 0 Å². The van der Waals surface area contributed by atoms with Crippen LogP contribution >= 0.6 is 11.6 Å². The summed E-state index contributed by atoms with van der Waals surface area (Å²) in [7, 11) is 0. The zero-order chi connectivity index (χ0) is 20.2. The Kier molecular flexibility index (Phi) is 5.93. The van der Waals surface area contributed by atoms with Crippen LogP contribution in [0, 0.1) is 5.82 Å². The molecule has 0 aromatic heterocycles. The number of nitrogens with zero attached hydrogens (tertiary/aromatic N) is 2. The summed E-state index contributed by atoms with van der Waals surface area (Å²) < 4.78 is 13.3. The van der Waals surface area contributed by atoms with E-state index in [2.05, 4.69) is 53.4 Å². The van der Waals surface area contributed by atoms with Gasteiger partial charge in [-0.1, -0.05) is 72.3 Å². The maximum absolute atomic E-state index is 13.3. The van der Waals surface area contributed by atoms with Crippen LogP contribution in [0.2, 0.25) is 5.02 Å². The number of rotatable bonds is 4. The van der Waals surface area contributed by atoms with Gasteiger partial charge in [-0.2, -0.15) is 0 Å². The lowest BCUT2D eigenvalue weighted by molar-refractivity contribution is 0.0597. The van der Waals surface area contributed by atoms with Gasteiger partial charge in [-0.15, -0.1) is 0 Å². The summed E-state index contributed by atoms with van der Waals surface area (Å²) in [5, 5.41) is 0.156. The Labute approximate surface area is 175 Å². The number of carbonyl (C=O) groups is 1. The van der Waals surface area contributed by atoms with E-state index in [0.717, 1.165) is 13.1 Å². The van der Waals surface area contributed by atoms with Crippen molar-refractivity contribution in [1.29, 1.82) is 0 Å². The number of amides is 1. The van der Waals surface area contributed by atoms with Gasteiger partial charge in [-0.25, -0.2) is 4.39 Å². The van der Waals surface area contributed by atoms with Gasteiger partial charge in [0.25, 0.3) is 5.91 Å². The molecule has 0 saturated carbocycles. The van der Waals surface area contributed by atoms with Crippen LogP contribution < -0.4 is 0 Å². The molecule has 5 heteroatoms. The van der Waals surface area contributed by atoms with Gasteiger partial charge in [-0.3, -0.25) is 9.69 Å². The summed E-state index contributed by atoms with van der Waals surface area (Å²) in [6.07, 6.45) is 0. The molecule has 0 radical (unpaired) electrons. The van der Waals surface area contributed by atoms with Gasteiger partial charge >= 0.3 is 0 Å². The third-order valence-electron chi connectivity index (χ3n) is 5.36. The molecule has 1 saturated heterocycles. The summed E-state index contributed by atoms with van der Waals surface area (Å²) in [4.78, 5) is 17.0. The van der Waals surface area contributed by atoms with Crippen LogP contribution in [-0.2, 0) is 0 Å². The quantitative estimate of drug-likeness (QED) is 0.604. The van der Waals surface area contributed by atoms with Crippen LogP contribution in [0.15, 0.2) is 78.9 Å². The van der Waals surface area contributed by atoms with Crippen molar-refractivity contribution >= 4 is 17.5 Å². The van der Waals surface area contributed by atoms with Crippen molar-refractivity contribution < 1.29 is 9.18 Å². The number of carbonyl (C=O) groups excluding carboxylic acids is 1. The van der Waals surface area contributed by atoms with Crippen LogP contribution in [0.25, 0.3) is 0 Å². The van der Waals surface area contributed by atoms with Crippen molar-refractivity contribution in [2.24, 2.45) is 0 Å².